The molecule has 2 aliphatic rings. The monoisotopic (exact) mass is 698 g/mol. The number of carbonyl (C=O) groups excluding carboxylic acids is 2. The summed E-state index contributed by atoms with van der Waals surface area (Å²) in [5.41, 5.74) is 1.18. The third kappa shape index (κ3) is 8.82. The van der Waals surface area contributed by atoms with E-state index >= 15 is 4.39 Å². The van der Waals surface area contributed by atoms with Crippen molar-refractivity contribution in [3.8, 4) is 0 Å². The Labute approximate surface area is 286 Å². The van der Waals surface area contributed by atoms with E-state index in [0.717, 1.165) is 0 Å². The van der Waals surface area contributed by atoms with Gasteiger partial charge in [-0.05, 0) is 86.9 Å². The van der Waals surface area contributed by atoms with Gasteiger partial charge in [0.15, 0.2) is 0 Å². The highest BCUT2D eigenvalue weighted by molar-refractivity contribution is 7.89. The third-order valence-corrected chi connectivity index (χ3v) is 11.5. The summed E-state index contributed by atoms with van der Waals surface area (Å²) in [6.07, 6.45) is 1.53. The molecule has 3 aromatic rings. The van der Waals surface area contributed by atoms with E-state index in [9.17, 15) is 22.4 Å². The molecule has 10 nitrogen and oxygen atoms in total. The number of anilines is 1. The number of nitrogens with one attached hydrogen (secondary N) is 3. The molecule has 0 bridgehead atoms. The van der Waals surface area contributed by atoms with E-state index < -0.39 is 45.6 Å². The number of nitrogens with zero attached hydrogens (tertiary/aromatic N) is 1. The molecule has 2 aliphatic heterocycles. The number of hydrogen-bond acceptors (Lipinski definition) is 7. The van der Waals surface area contributed by atoms with Crippen molar-refractivity contribution in [2.75, 3.05) is 38.7 Å². The molecule has 4 atom stereocenters. The van der Waals surface area contributed by atoms with Crippen molar-refractivity contribution in [3.63, 3.8) is 0 Å². The molecule has 0 aromatic heterocycles. The van der Waals surface area contributed by atoms with Gasteiger partial charge in [-0.25, -0.2) is 22.0 Å². The van der Waals surface area contributed by atoms with Crippen molar-refractivity contribution in [1.82, 2.24) is 14.9 Å². The predicted octanol–water partition coefficient (Wildman–Crippen LogP) is 5.21. The molecule has 2 saturated heterocycles. The first-order valence-electron chi connectivity index (χ1n) is 16.7. The fourth-order valence-electron chi connectivity index (χ4n) is 7.03. The zero-order valence-corrected chi connectivity index (χ0v) is 28.6. The molecular weight excluding hydrogens is 654 g/mol. The van der Waals surface area contributed by atoms with Crippen LogP contribution in [-0.2, 0) is 30.7 Å². The fraction of sp³-hybridized carbons (Fsp3) is 0.444. The maximum atomic E-state index is 15.4. The van der Waals surface area contributed by atoms with Gasteiger partial charge in [0.25, 0.3) is 0 Å². The maximum absolute atomic E-state index is 15.4. The van der Waals surface area contributed by atoms with Crippen LogP contribution in [0.25, 0.3) is 0 Å². The second-order valence-electron chi connectivity index (χ2n) is 12.6. The smallest absolute Gasteiger partial charge is 0.407 e. The fourth-order valence-corrected chi connectivity index (χ4v) is 8.90. The molecule has 4 unspecified atom stereocenters. The van der Waals surface area contributed by atoms with Gasteiger partial charge in [0.1, 0.15) is 17.7 Å². The van der Waals surface area contributed by atoms with Crippen molar-refractivity contribution < 1.29 is 36.3 Å². The van der Waals surface area contributed by atoms with Crippen LogP contribution in [0.2, 0.25) is 0 Å². The number of sulfonamides is 1. The Balaban J connectivity index is 1.36. The Morgan fingerprint density at radius 1 is 1.00 bits per heavy atom. The molecule has 2 heterocycles. The molecule has 0 aliphatic carbocycles. The number of methoxy groups -OCH3 is 1. The average molecular weight is 699 g/mol. The minimum atomic E-state index is -3.76. The van der Waals surface area contributed by atoms with Gasteiger partial charge in [-0.1, -0.05) is 36.4 Å². The number of alkyl carbamates (subject to hydrolysis) is 1. The van der Waals surface area contributed by atoms with Gasteiger partial charge in [-0.15, -0.1) is 0 Å². The van der Waals surface area contributed by atoms with E-state index in [1.54, 1.807) is 52.8 Å². The molecule has 5 rings (SSSR count). The number of hydrogen-bond donors (Lipinski definition) is 3. The highest BCUT2D eigenvalue weighted by Gasteiger charge is 2.39. The van der Waals surface area contributed by atoms with Crippen LogP contribution < -0.4 is 16.0 Å². The summed E-state index contributed by atoms with van der Waals surface area (Å²) >= 11 is 0. The summed E-state index contributed by atoms with van der Waals surface area (Å²) in [4.78, 5) is 26.9. The van der Waals surface area contributed by atoms with Gasteiger partial charge in [0.2, 0.25) is 15.9 Å². The maximum Gasteiger partial charge on any atom is 0.407 e. The molecule has 0 spiro atoms. The summed E-state index contributed by atoms with van der Waals surface area (Å²) in [6, 6.07) is 16.8. The third-order valence-electron chi connectivity index (χ3n) is 9.40. The quantitative estimate of drug-likeness (QED) is 0.237. The van der Waals surface area contributed by atoms with Crippen molar-refractivity contribution >= 4 is 27.7 Å². The lowest BCUT2D eigenvalue weighted by Gasteiger charge is -2.40. The SMILES string of the molecule is COC(=O)NC(C(=O)Nc1cccc(F)c1CCCC1CNCC(C)N1S(=O)(=O)c1ccccc1)C(c1ccc(F)cc1)C1CCOCC1. The molecule has 0 radical (unpaired) electrons. The van der Waals surface area contributed by atoms with Crippen LogP contribution in [0.15, 0.2) is 77.7 Å². The van der Waals surface area contributed by atoms with Gasteiger partial charge in [0, 0.05) is 55.6 Å². The lowest BCUT2D eigenvalue weighted by Crippen LogP contribution is -2.58. The molecular formula is C36H44F2N4O6S. The van der Waals surface area contributed by atoms with E-state index in [1.807, 2.05) is 6.92 Å². The molecule has 13 heteroatoms. The lowest BCUT2D eigenvalue weighted by atomic mass is 9.76. The minimum absolute atomic E-state index is 0.0827. The van der Waals surface area contributed by atoms with Gasteiger partial charge < -0.3 is 25.4 Å². The molecule has 0 saturated carbocycles. The van der Waals surface area contributed by atoms with Crippen LogP contribution in [0.4, 0.5) is 19.3 Å². The van der Waals surface area contributed by atoms with Crippen molar-refractivity contribution in [3.05, 3.63) is 95.6 Å². The minimum Gasteiger partial charge on any atom is -0.453 e. The summed E-state index contributed by atoms with van der Waals surface area (Å²) in [5, 5.41) is 8.85. The number of benzene rings is 3. The van der Waals surface area contributed by atoms with Crippen molar-refractivity contribution in [1.29, 1.82) is 0 Å². The Hall–Kier alpha value is -3.91. The normalized spacial score (nSPS) is 20.2. The summed E-state index contributed by atoms with van der Waals surface area (Å²) < 4.78 is 68.6. The standard InChI is InChI=1S/C36H44F2N4O6S/c1-24-22-39-23-28(42(24)49(45,46)29-9-4-3-5-10-29)8-6-11-30-31(38)12-7-13-32(30)40-35(43)34(41-36(44)47-2)33(26-18-20-48-21-19-26)25-14-16-27(37)17-15-25/h3-5,7,9-10,12-17,24,26,28,33-34,39H,6,8,11,18-23H2,1-2H3,(H,40,43)(H,41,44). The number of amides is 2. The highest BCUT2D eigenvalue weighted by Crippen LogP contribution is 2.36. The zero-order valence-electron chi connectivity index (χ0n) is 27.7. The topological polar surface area (TPSA) is 126 Å². The summed E-state index contributed by atoms with van der Waals surface area (Å²) in [7, 11) is -2.56. The largest absolute Gasteiger partial charge is 0.453 e. The van der Waals surface area contributed by atoms with E-state index in [-0.39, 0.29) is 40.6 Å². The van der Waals surface area contributed by atoms with Gasteiger partial charge >= 0.3 is 6.09 Å². The molecule has 3 N–H and O–H groups in total. The highest BCUT2D eigenvalue weighted by atomic mass is 32.2. The van der Waals surface area contributed by atoms with Crippen LogP contribution in [-0.4, -0.2) is 76.3 Å². The first-order valence-corrected chi connectivity index (χ1v) is 18.1. The molecule has 2 amide bonds. The van der Waals surface area contributed by atoms with E-state index in [4.69, 9.17) is 9.47 Å². The lowest BCUT2D eigenvalue weighted by molar-refractivity contribution is -0.119. The van der Waals surface area contributed by atoms with Crippen LogP contribution in [0.3, 0.4) is 0 Å². The second kappa shape index (κ2) is 16.7. The molecule has 49 heavy (non-hydrogen) atoms. The van der Waals surface area contributed by atoms with Gasteiger partial charge in [-0.3, -0.25) is 4.79 Å². The summed E-state index contributed by atoms with van der Waals surface area (Å²) in [6.45, 7) is 3.78. The van der Waals surface area contributed by atoms with Crippen molar-refractivity contribution in [2.24, 2.45) is 5.92 Å². The Bertz CT molecular complexity index is 1670. The van der Waals surface area contributed by atoms with Crippen molar-refractivity contribution in [2.45, 2.75) is 68.0 Å². The Kier molecular flexibility index (Phi) is 12.4. The molecule has 3 aromatic carbocycles. The first kappa shape index (κ1) is 36.4. The zero-order chi connectivity index (χ0) is 35.0. The number of piperazine rings is 1. The molecule has 264 valence electrons. The van der Waals surface area contributed by atoms with Crippen LogP contribution in [0.5, 0.6) is 0 Å². The Morgan fingerprint density at radius 2 is 1.71 bits per heavy atom. The predicted molar refractivity (Wildman–Crippen MR) is 182 cm³/mol. The number of halogens is 2. The van der Waals surface area contributed by atoms with E-state index in [0.29, 0.717) is 57.6 Å². The van der Waals surface area contributed by atoms with Crippen LogP contribution in [0.1, 0.15) is 49.7 Å². The van der Waals surface area contributed by atoms with Gasteiger partial charge in [0.05, 0.1) is 12.0 Å². The number of carbonyl (C=O) groups is 2. The average Bonchev–Trinajstić information content (AvgIpc) is 3.10. The number of rotatable bonds is 12. The Morgan fingerprint density at radius 3 is 2.41 bits per heavy atom. The van der Waals surface area contributed by atoms with Crippen LogP contribution in [0, 0.1) is 17.6 Å². The number of ether oxygens (including phenoxy) is 2. The van der Waals surface area contributed by atoms with Crippen LogP contribution >= 0.6 is 0 Å². The van der Waals surface area contributed by atoms with E-state index in [2.05, 4.69) is 16.0 Å². The van der Waals surface area contributed by atoms with Gasteiger partial charge in [-0.2, -0.15) is 4.31 Å². The van der Waals surface area contributed by atoms with E-state index in [1.165, 1.54) is 31.4 Å². The summed E-state index contributed by atoms with van der Waals surface area (Å²) in [5.74, 6) is -2.16. The second-order valence-corrected chi connectivity index (χ2v) is 14.4. The first-order chi connectivity index (χ1) is 23.6. The molecule has 2 fully saturated rings.